The van der Waals surface area contributed by atoms with Crippen molar-refractivity contribution in [1.82, 2.24) is 9.97 Å². The summed E-state index contributed by atoms with van der Waals surface area (Å²) in [5, 5.41) is 6.48. The van der Waals surface area contributed by atoms with E-state index in [-0.39, 0.29) is 16.5 Å². The lowest BCUT2D eigenvalue weighted by atomic mass is 10.1. The zero-order valence-electron chi connectivity index (χ0n) is 23.2. The van der Waals surface area contributed by atoms with Gasteiger partial charge in [0, 0.05) is 30.4 Å². The second kappa shape index (κ2) is 11.7. The lowest BCUT2D eigenvalue weighted by Gasteiger charge is -2.17. The minimum Gasteiger partial charge on any atom is -0.497 e. The number of fused-ring (bicyclic) bond motifs is 1. The number of hydrogen-bond acceptors (Lipinski definition) is 8. The van der Waals surface area contributed by atoms with Gasteiger partial charge in [-0.05, 0) is 49.2 Å². The molecule has 5 aromatic rings. The molecule has 4 aromatic carbocycles. The summed E-state index contributed by atoms with van der Waals surface area (Å²) in [6.45, 7) is 4.55. The molecule has 0 atom stereocenters. The van der Waals surface area contributed by atoms with Crippen LogP contribution in [0.2, 0.25) is 0 Å². The molecular formula is C31H31N5O4S. The van der Waals surface area contributed by atoms with Gasteiger partial charge < -0.3 is 20.1 Å². The molecule has 0 fully saturated rings. The van der Waals surface area contributed by atoms with Crippen molar-refractivity contribution in [3.05, 3.63) is 102 Å². The highest BCUT2D eigenvalue weighted by molar-refractivity contribution is 7.92. The molecule has 0 saturated carbocycles. The summed E-state index contributed by atoms with van der Waals surface area (Å²) >= 11 is 0. The average molecular weight is 570 g/mol. The van der Waals surface area contributed by atoms with Crippen molar-refractivity contribution in [3.8, 4) is 11.5 Å². The second-order valence-electron chi connectivity index (χ2n) is 9.52. The Morgan fingerprint density at radius 2 is 1.39 bits per heavy atom. The Bertz CT molecular complexity index is 1800. The Hall–Kier alpha value is -4.83. The van der Waals surface area contributed by atoms with Gasteiger partial charge in [-0.25, -0.2) is 18.4 Å². The number of methoxy groups -OCH3 is 2. The Balaban J connectivity index is 1.50. The first-order chi connectivity index (χ1) is 19.8. The normalized spacial score (nSPS) is 11.2. The van der Waals surface area contributed by atoms with Gasteiger partial charge in [0.25, 0.3) is 10.0 Å². The van der Waals surface area contributed by atoms with Crippen molar-refractivity contribution in [1.29, 1.82) is 0 Å². The third-order valence-electron chi connectivity index (χ3n) is 6.56. The van der Waals surface area contributed by atoms with Crippen LogP contribution in [0.15, 0.2) is 89.8 Å². The zero-order chi connectivity index (χ0) is 29.0. The quantitative estimate of drug-likeness (QED) is 0.177. The lowest BCUT2D eigenvalue weighted by Crippen LogP contribution is -2.18. The van der Waals surface area contributed by atoms with Gasteiger partial charge in [0.15, 0.2) is 11.6 Å². The molecule has 5 rings (SSSR count). The Kier molecular flexibility index (Phi) is 7.93. The number of ether oxygens (including phenoxy) is 2. The largest absolute Gasteiger partial charge is 0.497 e. The standard InChI is InChI=1S/C31H31N5O4S/c1-20-13-14-22(21(2)15-20)19-32-28-11-7-8-12-29(28)41(37,38)36-31-30(34-26-9-5-6-10-27(26)35-31)33-23-16-24(39-3)18-25(17-23)40-4/h5-18,32H,19H2,1-4H3,(H,33,34)(H,35,36). The van der Waals surface area contributed by atoms with E-state index in [4.69, 9.17) is 9.47 Å². The van der Waals surface area contributed by atoms with Gasteiger partial charge in [-0.2, -0.15) is 0 Å². The van der Waals surface area contributed by atoms with Crippen LogP contribution in [0.4, 0.5) is 23.0 Å². The van der Waals surface area contributed by atoms with Crippen molar-refractivity contribution in [2.75, 3.05) is 29.6 Å². The van der Waals surface area contributed by atoms with Gasteiger partial charge in [-0.15, -0.1) is 0 Å². The highest BCUT2D eigenvalue weighted by Crippen LogP contribution is 2.32. The van der Waals surface area contributed by atoms with Crippen LogP contribution < -0.4 is 24.8 Å². The number of aromatic nitrogens is 2. The fraction of sp³-hybridized carbons (Fsp3) is 0.161. The van der Waals surface area contributed by atoms with Gasteiger partial charge in [-0.1, -0.05) is 48.0 Å². The summed E-state index contributed by atoms with van der Waals surface area (Å²) in [5.41, 5.74) is 5.58. The zero-order valence-corrected chi connectivity index (χ0v) is 24.0. The van der Waals surface area contributed by atoms with Crippen molar-refractivity contribution in [2.45, 2.75) is 25.3 Å². The SMILES string of the molecule is COc1cc(Nc2nc3ccccc3nc2NS(=O)(=O)c2ccccc2NCc2ccc(C)cc2C)cc(OC)c1. The maximum Gasteiger partial charge on any atom is 0.265 e. The molecule has 0 aliphatic rings. The summed E-state index contributed by atoms with van der Waals surface area (Å²) in [7, 11) is -0.968. The number of anilines is 4. The van der Waals surface area contributed by atoms with Crippen molar-refractivity contribution >= 4 is 44.1 Å². The number of sulfonamides is 1. The smallest absolute Gasteiger partial charge is 0.265 e. The summed E-state index contributed by atoms with van der Waals surface area (Å²) < 4.78 is 41.0. The molecule has 1 aromatic heterocycles. The average Bonchev–Trinajstić information content (AvgIpc) is 2.96. The first-order valence-electron chi connectivity index (χ1n) is 12.9. The maximum atomic E-state index is 13.8. The number of nitrogens with zero attached hydrogens (tertiary/aromatic N) is 2. The van der Waals surface area contributed by atoms with E-state index in [9.17, 15) is 8.42 Å². The Morgan fingerprint density at radius 1 is 0.756 bits per heavy atom. The van der Waals surface area contributed by atoms with Crippen LogP contribution >= 0.6 is 0 Å². The molecule has 9 nitrogen and oxygen atoms in total. The van der Waals surface area contributed by atoms with Gasteiger partial charge in [0.2, 0.25) is 0 Å². The van der Waals surface area contributed by atoms with Crippen LogP contribution in [0, 0.1) is 13.8 Å². The molecule has 210 valence electrons. The third-order valence-corrected chi connectivity index (χ3v) is 7.96. The molecule has 10 heteroatoms. The Labute approximate surface area is 239 Å². The summed E-state index contributed by atoms with van der Waals surface area (Å²) in [4.78, 5) is 9.38. The monoisotopic (exact) mass is 569 g/mol. The number of rotatable bonds is 10. The second-order valence-corrected chi connectivity index (χ2v) is 11.2. The van der Waals surface area contributed by atoms with Crippen molar-refractivity contribution in [2.24, 2.45) is 0 Å². The van der Waals surface area contributed by atoms with Gasteiger partial charge in [-0.3, -0.25) is 4.72 Å². The fourth-order valence-corrected chi connectivity index (χ4v) is 5.63. The van der Waals surface area contributed by atoms with Gasteiger partial charge in [0.05, 0.1) is 30.9 Å². The van der Waals surface area contributed by atoms with E-state index in [0.717, 1.165) is 11.1 Å². The van der Waals surface area contributed by atoms with Crippen molar-refractivity contribution < 1.29 is 17.9 Å². The molecule has 0 bridgehead atoms. The van der Waals surface area contributed by atoms with E-state index in [1.807, 2.05) is 44.2 Å². The molecule has 1 heterocycles. The van der Waals surface area contributed by atoms with E-state index in [1.54, 1.807) is 62.8 Å². The van der Waals surface area contributed by atoms with Gasteiger partial charge >= 0.3 is 0 Å². The predicted molar refractivity (Wildman–Crippen MR) is 163 cm³/mol. The third kappa shape index (κ3) is 6.33. The summed E-state index contributed by atoms with van der Waals surface area (Å²) in [5.74, 6) is 1.40. The van der Waals surface area contributed by atoms with Crippen LogP contribution in [-0.2, 0) is 16.6 Å². The van der Waals surface area contributed by atoms with Crippen LogP contribution in [-0.4, -0.2) is 32.6 Å². The first kappa shape index (κ1) is 27.7. The van der Waals surface area contributed by atoms with Gasteiger partial charge in [0.1, 0.15) is 16.4 Å². The van der Waals surface area contributed by atoms with E-state index in [1.165, 1.54) is 5.56 Å². The molecule has 0 radical (unpaired) electrons. The summed E-state index contributed by atoms with van der Waals surface area (Å²) in [6, 6.07) is 25.5. The van der Waals surface area contributed by atoms with Crippen LogP contribution in [0.5, 0.6) is 11.5 Å². The van der Waals surface area contributed by atoms with E-state index < -0.39 is 10.0 Å². The minimum absolute atomic E-state index is 0.0506. The number of aryl methyl sites for hydroxylation is 2. The number of para-hydroxylation sites is 3. The van der Waals surface area contributed by atoms with Crippen LogP contribution in [0.3, 0.4) is 0 Å². The lowest BCUT2D eigenvalue weighted by molar-refractivity contribution is 0.395. The number of nitrogens with one attached hydrogen (secondary N) is 3. The first-order valence-corrected chi connectivity index (χ1v) is 14.4. The number of hydrogen-bond donors (Lipinski definition) is 3. The molecule has 0 spiro atoms. The molecule has 3 N–H and O–H groups in total. The highest BCUT2D eigenvalue weighted by atomic mass is 32.2. The molecule has 0 aliphatic carbocycles. The van der Waals surface area contributed by atoms with E-state index in [2.05, 4.69) is 31.4 Å². The number of benzene rings is 4. The Morgan fingerprint density at radius 3 is 2.05 bits per heavy atom. The van der Waals surface area contributed by atoms with E-state index in [0.29, 0.717) is 40.5 Å². The van der Waals surface area contributed by atoms with Crippen LogP contribution in [0.25, 0.3) is 11.0 Å². The highest BCUT2D eigenvalue weighted by Gasteiger charge is 2.22. The fourth-order valence-electron chi connectivity index (χ4n) is 4.44. The van der Waals surface area contributed by atoms with Crippen LogP contribution in [0.1, 0.15) is 16.7 Å². The topological polar surface area (TPSA) is 114 Å². The molecule has 0 aliphatic heterocycles. The minimum atomic E-state index is -4.08. The maximum absolute atomic E-state index is 13.8. The molecule has 41 heavy (non-hydrogen) atoms. The molecule has 0 amide bonds. The van der Waals surface area contributed by atoms with E-state index >= 15 is 0 Å². The predicted octanol–water partition coefficient (Wildman–Crippen LogP) is 6.42. The molecule has 0 unspecified atom stereocenters. The summed E-state index contributed by atoms with van der Waals surface area (Å²) in [6.07, 6.45) is 0. The molecule has 0 saturated heterocycles. The van der Waals surface area contributed by atoms with Crippen molar-refractivity contribution in [3.63, 3.8) is 0 Å². The molecular weight excluding hydrogens is 538 g/mol.